The largest absolute Gasteiger partial charge is 0.399 e. The molecule has 8 heavy (non-hydrogen) atoms. The van der Waals surface area contributed by atoms with Crippen LogP contribution in [0.15, 0.2) is 0 Å². The second-order valence-corrected chi connectivity index (χ2v) is 2.16. The first kappa shape index (κ1) is 11.7. The highest BCUT2D eigenvalue weighted by Crippen LogP contribution is 1.70. The Morgan fingerprint density at radius 3 is 1.75 bits per heavy atom. The molecule has 0 atom stereocenters. The van der Waals surface area contributed by atoms with Gasteiger partial charge in [-0.25, -0.2) is 0 Å². The normalized spacial score (nSPS) is 8.25. The van der Waals surface area contributed by atoms with Crippen molar-refractivity contribution in [2.24, 2.45) is 0 Å². The zero-order valence-corrected chi connectivity index (χ0v) is 6.35. The van der Waals surface area contributed by atoms with Crippen molar-refractivity contribution in [2.45, 2.75) is 13.8 Å². The third kappa shape index (κ3) is 10.0. The van der Waals surface area contributed by atoms with E-state index in [0.717, 1.165) is 13.2 Å². The summed E-state index contributed by atoms with van der Waals surface area (Å²) in [5.74, 6) is 0. The number of hydrogen-bond acceptors (Lipinski definition) is 2. The molecule has 0 fully saturated rings. The van der Waals surface area contributed by atoms with Crippen molar-refractivity contribution in [1.82, 2.24) is 0 Å². The molecule has 0 aliphatic heterocycles. The lowest BCUT2D eigenvalue weighted by molar-refractivity contribution is 0.240. The molecule has 0 saturated heterocycles. The Bertz CT molecular complexity index is 33.2. The molecule has 0 aromatic carbocycles. The SMILES string of the molecule is CCO[SiH2]OCC.[MgH2]. The molecule has 0 N–H and O–H groups in total. The second-order valence-electron chi connectivity index (χ2n) is 1.10. The van der Waals surface area contributed by atoms with Crippen LogP contribution in [0.5, 0.6) is 0 Å². The van der Waals surface area contributed by atoms with Crippen molar-refractivity contribution in [1.29, 1.82) is 0 Å². The topological polar surface area (TPSA) is 18.5 Å². The van der Waals surface area contributed by atoms with Gasteiger partial charge in [-0.05, 0) is 13.8 Å². The van der Waals surface area contributed by atoms with E-state index in [0.29, 0.717) is 0 Å². The molecule has 0 radical (unpaired) electrons. The van der Waals surface area contributed by atoms with E-state index in [4.69, 9.17) is 8.85 Å². The monoisotopic (exact) mass is 146 g/mol. The summed E-state index contributed by atoms with van der Waals surface area (Å²) in [6.45, 7) is 5.55. The summed E-state index contributed by atoms with van der Waals surface area (Å²) in [6.07, 6.45) is 0. The highest BCUT2D eigenvalue weighted by Gasteiger charge is 1.79. The molecule has 0 bridgehead atoms. The summed E-state index contributed by atoms with van der Waals surface area (Å²) in [7, 11) is -0.589. The van der Waals surface area contributed by atoms with Crippen LogP contribution < -0.4 is 0 Å². The van der Waals surface area contributed by atoms with Crippen LogP contribution in [-0.2, 0) is 8.85 Å². The van der Waals surface area contributed by atoms with Crippen LogP contribution in [-0.4, -0.2) is 46.3 Å². The molecule has 0 amide bonds. The highest BCUT2D eigenvalue weighted by molar-refractivity contribution is 6.17. The first-order chi connectivity index (χ1) is 3.41. The fourth-order valence-corrected chi connectivity index (χ4v) is 0.677. The Kier molecular flexibility index (Phi) is 15.8. The lowest BCUT2D eigenvalue weighted by Crippen LogP contribution is -2.02. The summed E-state index contributed by atoms with van der Waals surface area (Å²) in [6, 6.07) is 0. The Morgan fingerprint density at radius 2 is 1.50 bits per heavy atom. The van der Waals surface area contributed by atoms with Crippen molar-refractivity contribution in [3.05, 3.63) is 0 Å². The molecule has 0 rings (SSSR count). The third-order valence-corrected chi connectivity index (χ3v) is 1.72. The molecule has 2 nitrogen and oxygen atoms in total. The summed E-state index contributed by atoms with van der Waals surface area (Å²) < 4.78 is 9.98. The maximum Gasteiger partial charge on any atom is 0.316 e. The minimum absolute atomic E-state index is 0. The van der Waals surface area contributed by atoms with E-state index in [9.17, 15) is 0 Å². The molecular weight excluding hydrogens is 132 g/mol. The van der Waals surface area contributed by atoms with Gasteiger partial charge in [0, 0.05) is 13.2 Å². The fraction of sp³-hybridized carbons (Fsp3) is 1.00. The van der Waals surface area contributed by atoms with Crippen LogP contribution in [0.25, 0.3) is 0 Å². The van der Waals surface area contributed by atoms with Crippen LogP contribution in [0.2, 0.25) is 0 Å². The summed E-state index contributed by atoms with van der Waals surface area (Å²) in [4.78, 5) is 0. The average Bonchev–Trinajstić information content (AvgIpc) is 1.69. The van der Waals surface area contributed by atoms with Gasteiger partial charge in [0.1, 0.15) is 0 Å². The van der Waals surface area contributed by atoms with Crippen LogP contribution in [0.3, 0.4) is 0 Å². The summed E-state index contributed by atoms with van der Waals surface area (Å²) in [5.41, 5.74) is 0. The number of rotatable bonds is 4. The van der Waals surface area contributed by atoms with Gasteiger partial charge in [0.2, 0.25) is 0 Å². The van der Waals surface area contributed by atoms with Crippen molar-refractivity contribution in [3.63, 3.8) is 0 Å². The Morgan fingerprint density at radius 1 is 1.12 bits per heavy atom. The quantitative estimate of drug-likeness (QED) is 0.380. The van der Waals surface area contributed by atoms with Gasteiger partial charge >= 0.3 is 33.1 Å². The van der Waals surface area contributed by atoms with Crippen molar-refractivity contribution in [2.75, 3.05) is 13.2 Å². The maximum atomic E-state index is 4.99. The van der Waals surface area contributed by atoms with E-state index >= 15 is 0 Å². The van der Waals surface area contributed by atoms with E-state index in [-0.39, 0.29) is 23.1 Å². The molecule has 0 aromatic heterocycles. The third-order valence-electron chi connectivity index (χ3n) is 0.575. The van der Waals surface area contributed by atoms with E-state index < -0.39 is 10.0 Å². The second kappa shape index (κ2) is 10.8. The Labute approximate surface area is 69.2 Å². The molecule has 0 saturated carbocycles. The maximum absolute atomic E-state index is 4.99. The van der Waals surface area contributed by atoms with Gasteiger partial charge in [-0.3, -0.25) is 0 Å². The van der Waals surface area contributed by atoms with E-state index in [2.05, 4.69) is 0 Å². The van der Waals surface area contributed by atoms with E-state index in [1.54, 1.807) is 0 Å². The lowest BCUT2D eigenvalue weighted by Gasteiger charge is -1.96. The molecular formula is C4H14MgO2Si. The smallest absolute Gasteiger partial charge is 0.316 e. The minimum Gasteiger partial charge on any atom is -0.399 e. The number of hydrogen-bond donors (Lipinski definition) is 0. The molecule has 48 valence electrons. The molecule has 0 aliphatic rings. The molecule has 0 unspecified atom stereocenters. The molecule has 0 spiro atoms. The van der Waals surface area contributed by atoms with Gasteiger partial charge in [0.15, 0.2) is 0 Å². The molecule has 4 heteroatoms. The van der Waals surface area contributed by atoms with Gasteiger partial charge in [0.05, 0.1) is 0 Å². The zero-order valence-electron chi connectivity index (χ0n) is 4.94. The Hall–Kier alpha value is 0.903. The van der Waals surface area contributed by atoms with E-state index in [1.165, 1.54) is 0 Å². The Balaban J connectivity index is 0. The summed E-state index contributed by atoms with van der Waals surface area (Å²) in [5, 5.41) is 0. The predicted octanol–water partition coefficient (Wildman–Crippen LogP) is -0.858. The molecule has 0 heterocycles. The first-order valence-electron chi connectivity index (χ1n) is 2.57. The summed E-state index contributed by atoms with van der Waals surface area (Å²) >= 11 is 0. The highest BCUT2D eigenvalue weighted by atomic mass is 28.3. The average molecular weight is 147 g/mol. The van der Waals surface area contributed by atoms with Crippen LogP contribution in [0, 0.1) is 0 Å². The lowest BCUT2D eigenvalue weighted by atomic mass is 10.9. The predicted molar refractivity (Wildman–Crippen MR) is 40.3 cm³/mol. The van der Waals surface area contributed by atoms with Gasteiger partial charge in [0.25, 0.3) is 0 Å². The fourth-order valence-electron chi connectivity index (χ4n) is 0.226. The molecule has 0 aromatic rings. The molecule has 0 aliphatic carbocycles. The van der Waals surface area contributed by atoms with E-state index in [1.807, 2.05) is 13.8 Å². The van der Waals surface area contributed by atoms with Crippen molar-refractivity contribution < 1.29 is 8.85 Å². The standard InChI is InChI=1S/C4H12O2Si.Mg.2H/c1-3-5-7-6-4-2;;;/h3-4,7H2,1-2H3;;;. The van der Waals surface area contributed by atoms with Crippen LogP contribution in [0.4, 0.5) is 0 Å². The van der Waals surface area contributed by atoms with Gasteiger partial charge in [-0.15, -0.1) is 0 Å². The first-order valence-corrected chi connectivity index (χ1v) is 3.72. The van der Waals surface area contributed by atoms with Gasteiger partial charge in [-0.1, -0.05) is 0 Å². The van der Waals surface area contributed by atoms with Crippen molar-refractivity contribution >= 4 is 33.1 Å². The van der Waals surface area contributed by atoms with Gasteiger partial charge in [-0.2, -0.15) is 0 Å². The van der Waals surface area contributed by atoms with Crippen LogP contribution >= 0.6 is 0 Å². The van der Waals surface area contributed by atoms with Gasteiger partial charge < -0.3 is 8.85 Å². The minimum atomic E-state index is -0.589. The van der Waals surface area contributed by atoms with Crippen molar-refractivity contribution in [3.8, 4) is 0 Å². The van der Waals surface area contributed by atoms with Crippen LogP contribution in [0.1, 0.15) is 13.8 Å². The zero-order chi connectivity index (χ0) is 5.54.